The highest BCUT2D eigenvalue weighted by Crippen LogP contribution is 2.07. The molecule has 0 radical (unpaired) electrons. The van der Waals surface area contributed by atoms with Crippen LogP contribution in [0, 0.1) is 0 Å². The summed E-state index contributed by atoms with van der Waals surface area (Å²) in [5.41, 5.74) is 5.30. The molecule has 0 amide bonds. The molecule has 0 aromatic rings. The Morgan fingerprint density at radius 3 is 2.40 bits per heavy atom. The number of unbranched alkanes of at least 4 members (excludes halogenated alkanes) is 6. The number of allylic oxidation sites excluding steroid dienone is 1. The summed E-state index contributed by atoms with van der Waals surface area (Å²) in [4.78, 5) is 0. The smallest absolute Gasteiger partial charge is 0.0696 e. The predicted octanol–water partition coefficient (Wildman–Crippen LogP) is 3.00. The third-order valence-electron chi connectivity index (χ3n) is 2.57. The summed E-state index contributed by atoms with van der Waals surface area (Å²) < 4.78 is 0. The molecule has 0 spiro atoms. The van der Waals surface area contributed by atoms with Crippen LogP contribution in [0.15, 0.2) is 12.2 Å². The van der Waals surface area contributed by atoms with Crippen molar-refractivity contribution >= 4 is 0 Å². The van der Waals surface area contributed by atoms with Gasteiger partial charge >= 0.3 is 0 Å². The normalized spacial score (nSPS) is 13.5. The molecule has 0 rings (SSSR count). The fourth-order valence-electron chi connectivity index (χ4n) is 1.51. The second-order valence-electron chi connectivity index (χ2n) is 4.15. The van der Waals surface area contributed by atoms with Crippen LogP contribution in [-0.4, -0.2) is 17.8 Å². The number of aliphatic hydroxyl groups excluding tert-OH is 1. The second kappa shape index (κ2) is 11.7. The molecule has 0 aliphatic rings. The first-order valence-corrected chi connectivity index (χ1v) is 6.34. The van der Waals surface area contributed by atoms with Crippen molar-refractivity contribution in [2.45, 2.75) is 64.4 Å². The van der Waals surface area contributed by atoms with Crippen LogP contribution in [0.3, 0.4) is 0 Å². The number of aliphatic hydroxyl groups is 1. The topological polar surface area (TPSA) is 46.2 Å². The predicted molar refractivity (Wildman–Crippen MR) is 66.8 cm³/mol. The van der Waals surface area contributed by atoms with E-state index in [0.29, 0.717) is 13.0 Å². The second-order valence-corrected chi connectivity index (χ2v) is 4.15. The van der Waals surface area contributed by atoms with Crippen molar-refractivity contribution in [2.75, 3.05) is 6.54 Å². The quantitative estimate of drug-likeness (QED) is 0.433. The largest absolute Gasteiger partial charge is 0.391 e. The number of nitrogens with two attached hydrogens (primary N) is 1. The van der Waals surface area contributed by atoms with Crippen molar-refractivity contribution in [1.82, 2.24) is 0 Å². The molecule has 0 aromatic carbocycles. The average Bonchev–Trinajstić information content (AvgIpc) is 2.26. The van der Waals surface area contributed by atoms with Gasteiger partial charge in [0.1, 0.15) is 0 Å². The Balaban J connectivity index is 3.09. The molecule has 0 aromatic heterocycles. The molecule has 0 bridgehead atoms. The van der Waals surface area contributed by atoms with Crippen molar-refractivity contribution in [3.63, 3.8) is 0 Å². The highest BCUT2D eigenvalue weighted by molar-refractivity contribution is 4.84. The SMILES string of the molecule is CCCCCCCC/C=C/CC(O)CN. The number of rotatable bonds is 10. The van der Waals surface area contributed by atoms with Gasteiger partial charge in [0, 0.05) is 6.54 Å². The van der Waals surface area contributed by atoms with Gasteiger partial charge in [-0.25, -0.2) is 0 Å². The van der Waals surface area contributed by atoms with Gasteiger partial charge in [-0.15, -0.1) is 0 Å². The van der Waals surface area contributed by atoms with Crippen LogP contribution in [0.2, 0.25) is 0 Å². The average molecular weight is 213 g/mol. The third-order valence-corrected chi connectivity index (χ3v) is 2.57. The Morgan fingerprint density at radius 2 is 1.73 bits per heavy atom. The maximum absolute atomic E-state index is 9.18. The summed E-state index contributed by atoms with van der Waals surface area (Å²) in [5.74, 6) is 0. The molecule has 15 heavy (non-hydrogen) atoms. The summed E-state index contributed by atoms with van der Waals surface area (Å²) >= 11 is 0. The van der Waals surface area contributed by atoms with E-state index in [1.165, 1.54) is 38.5 Å². The lowest BCUT2D eigenvalue weighted by Gasteiger charge is -2.01. The monoisotopic (exact) mass is 213 g/mol. The van der Waals surface area contributed by atoms with Gasteiger partial charge in [-0.3, -0.25) is 0 Å². The highest BCUT2D eigenvalue weighted by atomic mass is 16.3. The van der Waals surface area contributed by atoms with Crippen LogP contribution in [0.1, 0.15) is 58.3 Å². The van der Waals surface area contributed by atoms with Crippen molar-refractivity contribution < 1.29 is 5.11 Å². The summed E-state index contributed by atoms with van der Waals surface area (Å²) in [6.45, 7) is 2.60. The fraction of sp³-hybridized carbons (Fsp3) is 0.846. The molecular weight excluding hydrogens is 186 g/mol. The van der Waals surface area contributed by atoms with E-state index in [1.54, 1.807) is 0 Å². The van der Waals surface area contributed by atoms with Crippen LogP contribution in [-0.2, 0) is 0 Å². The van der Waals surface area contributed by atoms with E-state index in [1.807, 2.05) is 6.08 Å². The first kappa shape index (κ1) is 14.7. The van der Waals surface area contributed by atoms with Gasteiger partial charge in [0.15, 0.2) is 0 Å². The third kappa shape index (κ3) is 11.6. The van der Waals surface area contributed by atoms with Crippen LogP contribution in [0.25, 0.3) is 0 Å². The standard InChI is InChI=1S/C13H27NO/c1-2-3-4-5-6-7-8-9-10-11-13(15)12-14/h9-10,13,15H,2-8,11-12,14H2,1H3/b10-9+. The molecule has 2 heteroatoms. The number of hydrogen-bond donors (Lipinski definition) is 2. The van der Waals surface area contributed by atoms with E-state index in [9.17, 15) is 5.11 Å². The van der Waals surface area contributed by atoms with Gasteiger partial charge in [-0.2, -0.15) is 0 Å². The summed E-state index contributed by atoms with van der Waals surface area (Å²) in [7, 11) is 0. The summed E-state index contributed by atoms with van der Waals surface area (Å²) in [6.07, 6.45) is 13.8. The molecule has 3 N–H and O–H groups in total. The maximum Gasteiger partial charge on any atom is 0.0696 e. The van der Waals surface area contributed by atoms with Gasteiger partial charge in [0.05, 0.1) is 6.10 Å². The highest BCUT2D eigenvalue weighted by Gasteiger charge is 1.95. The zero-order chi connectivity index (χ0) is 11.4. The van der Waals surface area contributed by atoms with E-state index >= 15 is 0 Å². The van der Waals surface area contributed by atoms with Crippen LogP contribution in [0.4, 0.5) is 0 Å². The molecule has 2 nitrogen and oxygen atoms in total. The first-order chi connectivity index (χ1) is 7.31. The van der Waals surface area contributed by atoms with Crippen molar-refractivity contribution in [3.8, 4) is 0 Å². The van der Waals surface area contributed by atoms with Crippen LogP contribution in [0.5, 0.6) is 0 Å². The van der Waals surface area contributed by atoms with Gasteiger partial charge in [-0.05, 0) is 19.3 Å². The van der Waals surface area contributed by atoms with E-state index in [4.69, 9.17) is 5.73 Å². The van der Waals surface area contributed by atoms with Crippen molar-refractivity contribution in [3.05, 3.63) is 12.2 Å². The van der Waals surface area contributed by atoms with Crippen molar-refractivity contribution in [2.24, 2.45) is 5.73 Å². The van der Waals surface area contributed by atoms with Gasteiger partial charge in [-0.1, -0.05) is 51.2 Å². The minimum atomic E-state index is -0.356. The minimum absolute atomic E-state index is 0.356. The molecule has 1 unspecified atom stereocenters. The molecule has 90 valence electrons. The Hall–Kier alpha value is -0.340. The van der Waals surface area contributed by atoms with Crippen molar-refractivity contribution in [1.29, 1.82) is 0 Å². The van der Waals surface area contributed by atoms with Crippen LogP contribution >= 0.6 is 0 Å². The molecule has 0 aliphatic heterocycles. The minimum Gasteiger partial charge on any atom is -0.391 e. The zero-order valence-electron chi connectivity index (χ0n) is 10.1. The lowest BCUT2D eigenvalue weighted by Crippen LogP contribution is -2.18. The van der Waals surface area contributed by atoms with E-state index in [0.717, 1.165) is 6.42 Å². The van der Waals surface area contributed by atoms with E-state index in [-0.39, 0.29) is 6.10 Å². The maximum atomic E-state index is 9.18. The van der Waals surface area contributed by atoms with Gasteiger partial charge in [0.2, 0.25) is 0 Å². The first-order valence-electron chi connectivity index (χ1n) is 6.34. The Kier molecular flexibility index (Phi) is 11.5. The molecule has 0 saturated carbocycles. The van der Waals surface area contributed by atoms with Gasteiger partial charge in [0.25, 0.3) is 0 Å². The Morgan fingerprint density at radius 1 is 1.07 bits per heavy atom. The van der Waals surface area contributed by atoms with E-state index in [2.05, 4.69) is 13.0 Å². The molecule has 1 atom stereocenters. The summed E-state index contributed by atoms with van der Waals surface area (Å²) in [5, 5.41) is 9.18. The molecule has 0 aliphatic carbocycles. The molecular formula is C13H27NO. The van der Waals surface area contributed by atoms with E-state index < -0.39 is 0 Å². The lowest BCUT2D eigenvalue weighted by molar-refractivity contribution is 0.186. The molecule has 0 saturated heterocycles. The summed E-state index contributed by atoms with van der Waals surface area (Å²) in [6, 6.07) is 0. The Bertz CT molecular complexity index is 145. The Labute approximate surface area is 94.6 Å². The van der Waals surface area contributed by atoms with Crippen LogP contribution < -0.4 is 5.73 Å². The fourth-order valence-corrected chi connectivity index (χ4v) is 1.51. The molecule has 0 fully saturated rings. The number of hydrogen-bond acceptors (Lipinski definition) is 2. The van der Waals surface area contributed by atoms with Gasteiger partial charge < -0.3 is 10.8 Å². The zero-order valence-corrected chi connectivity index (χ0v) is 10.1. The molecule has 0 heterocycles. The lowest BCUT2D eigenvalue weighted by atomic mass is 10.1.